The fourth-order valence-electron chi connectivity index (χ4n) is 4.31. The molecule has 0 radical (unpaired) electrons. The SMILES string of the molecule is CCCC(CN)c1ccc2c(c1)CC[C@H](Cc1cccc(OCC)c1)C2. The quantitative estimate of drug-likeness (QED) is 0.702. The molecule has 1 aliphatic rings. The van der Waals surface area contributed by atoms with Gasteiger partial charge in [-0.3, -0.25) is 0 Å². The molecule has 1 aliphatic carbocycles. The third-order valence-electron chi connectivity index (χ3n) is 5.69. The lowest BCUT2D eigenvalue weighted by Gasteiger charge is -2.26. The van der Waals surface area contributed by atoms with E-state index in [4.69, 9.17) is 10.5 Å². The summed E-state index contributed by atoms with van der Waals surface area (Å²) in [5.41, 5.74) is 11.9. The van der Waals surface area contributed by atoms with Crippen LogP contribution in [0, 0.1) is 5.92 Å². The van der Waals surface area contributed by atoms with Crippen LogP contribution < -0.4 is 10.5 Å². The number of nitrogens with two attached hydrogens (primary N) is 1. The Bertz CT molecular complexity index is 709. The number of benzene rings is 2. The van der Waals surface area contributed by atoms with E-state index in [0.717, 1.165) is 31.2 Å². The lowest BCUT2D eigenvalue weighted by Crippen LogP contribution is -2.18. The van der Waals surface area contributed by atoms with E-state index < -0.39 is 0 Å². The molecule has 0 aromatic heterocycles. The lowest BCUT2D eigenvalue weighted by atomic mass is 9.79. The predicted molar refractivity (Wildman–Crippen MR) is 110 cm³/mol. The van der Waals surface area contributed by atoms with E-state index in [2.05, 4.69) is 49.4 Å². The Morgan fingerprint density at radius 1 is 1.12 bits per heavy atom. The van der Waals surface area contributed by atoms with Crippen LogP contribution in [0.25, 0.3) is 0 Å². The molecule has 0 saturated carbocycles. The van der Waals surface area contributed by atoms with Crippen LogP contribution in [-0.4, -0.2) is 13.2 Å². The summed E-state index contributed by atoms with van der Waals surface area (Å²) in [5, 5.41) is 0. The van der Waals surface area contributed by atoms with Gasteiger partial charge in [0.05, 0.1) is 6.61 Å². The highest BCUT2D eigenvalue weighted by atomic mass is 16.5. The molecule has 0 aliphatic heterocycles. The number of hydrogen-bond acceptors (Lipinski definition) is 2. The highest BCUT2D eigenvalue weighted by Crippen LogP contribution is 2.31. The van der Waals surface area contributed by atoms with Gasteiger partial charge in [0.1, 0.15) is 5.75 Å². The van der Waals surface area contributed by atoms with Crippen molar-refractivity contribution in [3.8, 4) is 5.75 Å². The summed E-state index contributed by atoms with van der Waals surface area (Å²) in [6, 6.07) is 15.7. The topological polar surface area (TPSA) is 35.2 Å². The summed E-state index contributed by atoms with van der Waals surface area (Å²) >= 11 is 0. The van der Waals surface area contributed by atoms with Crippen LogP contribution in [0.15, 0.2) is 42.5 Å². The third-order valence-corrected chi connectivity index (χ3v) is 5.69. The molecule has 0 bridgehead atoms. The second kappa shape index (κ2) is 9.23. The molecular formula is C24H33NO. The molecule has 140 valence electrons. The Morgan fingerprint density at radius 2 is 2.00 bits per heavy atom. The van der Waals surface area contributed by atoms with Gasteiger partial charge in [-0.15, -0.1) is 0 Å². The number of rotatable bonds is 8. The van der Waals surface area contributed by atoms with E-state index in [9.17, 15) is 0 Å². The van der Waals surface area contributed by atoms with Gasteiger partial charge in [0, 0.05) is 0 Å². The van der Waals surface area contributed by atoms with Crippen molar-refractivity contribution >= 4 is 0 Å². The predicted octanol–water partition coefficient (Wildman–Crippen LogP) is 5.28. The first-order chi connectivity index (χ1) is 12.7. The molecule has 0 heterocycles. The van der Waals surface area contributed by atoms with Crippen molar-refractivity contribution in [2.24, 2.45) is 11.7 Å². The molecule has 26 heavy (non-hydrogen) atoms. The van der Waals surface area contributed by atoms with E-state index in [-0.39, 0.29) is 0 Å². The van der Waals surface area contributed by atoms with Crippen molar-refractivity contribution in [1.29, 1.82) is 0 Å². The Morgan fingerprint density at radius 3 is 2.77 bits per heavy atom. The number of fused-ring (bicyclic) bond motifs is 1. The largest absolute Gasteiger partial charge is 0.494 e. The van der Waals surface area contributed by atoms with Crippen molar-refractivity contribution in [3.63, 3.8) is 0 Å². The first-order valence-electron chi connectivity index (χ1n) is 10.3. The van der Waals surface area contributed by atoms with Crippen LogP contribution in [0.5, 0.6) is 5.75 Å². The van der Waals surface area contributed by atoms with E-state index in [1.807, 2.05) is 6.92 Å². The van der Waals surface area contributed by atoms with Crippen molar-refractivity contribution < 1.29 is 4.74 Å². The molecule has 0 saturated heterocycles. The zero-order valence-corrected chi connectivity index (χ0v) is 16.3. The average molecular weight is 352 g/mol. The minimum atomic E-state index is 0.518. The van der Waals surface area contributed by atoms with Crippen LogP contribution >= 0.6 is 0 Å². The zero-order chi connectivity index (χ0) is 18.4. The van der Waals surface area contributed by atoms with Gasteiger partial charge in [-0.2, -0.15) is 0 Å². The Hall–Kier alpha value is -1.80. The smallest absolute Gasteiger partial charge is 0.119 e. The summed E-state index contributed by atoms with van der Waals surface area (Å²) in [6.07, 6.45) is 7.19. The van der Waals surface area contributed by atoms with Crippen molar-refractivity contribution in [2.75, 3.05) is 13.2 Å². The van der Waals surface area contributed by atoms with Gasteiger partial charge in [0.25, 0.3) is 0 Å². The maximum absolute atomic E-state index is 6.00. The first kappa shape index (κ1) is 19.0. The van der Waals surface area contributed by atoms with Gasteiger partial charge in [-0.25, -0.2) is 0 Å². The normalized spacial score (nSPS) is 17.6. The van der Waals surface area contributed by atoms with Crippen LogP contribution in [0.3, 0.4) is 0 Å². The van der Waals surface area contributed by atoms with E-state index in [0.29, 0.717) is 5.92 Å². The van der Waals surface area contributed by atoms with Crippen LogP contribution in [0.2, 0.25) is 0 Å². The fourth-order valence-corrected chi connectivity index (χ4v) is 4.31. The van der Waals surface area contributed by atoms with E-state index in [1.165, 1.54) is 43.2 Å². The average Bonchev–Trinajstić information content (AvgIpc) is 2.66. The van der Waals surface area contributed by atoms with Gasteiger partial charge in [0.15, 0.2) is 0 Å². The highest BCUT2D eigenvalue weighted by Gasteiger charge is 2.20. The maximum Gasteiger partial charge on any atom is 0.119 e. The van der Waals surface area contributed by atoms with Crippen LogP contribution in [-0.2, 0) is 19.3 Å². The van der Waals surface area contributed by atoms with Crippen molar-refractivity contribution in [3.05, 3.63) is 64.7 Å². The molecule has 0 amide bonds. The van der Waals surface area contributed by atoms with Crippen molar-refractivity contribution in [1.82, 2.24) is 0 Å². The summed E-state index contributed by atoms with van der Waals surface area (Å²) in [7, 11) is 0. The third kappa shape index (κ3) is 4.67. The minimum absolute atomic E-state index is 0.518. The Labute approximate surface area is 158 Å². The van der Waals surface area contributed by atoms with Crippen LogP contribution in [0.4, 0.5) is 0 Å². The first-order valence-corrected chi connectivity index (χ1v) is 10.3. The second-order valence-electron chi connectivity index (χ2n) is 7.64. The molecule has 2 heteroatoms. The number of ether oxygens (including phenoxy) is 1. The second-order valence-corrected chi connectivity index (χ2v) is 7.64. The Kier molecular flexibility index (Phi) is 6.73. The standard InChI is InChI=1S/C24H33NO/c1-3-6-23(17-25)22-12-11-20-14-19(9-10-21(20)16-22)13-18-7-5-8-24(15-18)26-4-2/h5,7-8,11-12,15-16,19,23H,3-4,6,9-10,13-14,17,25H2,1-2H3/t19-,23?/m1/s1. The summed E-state index contributed by atoms with van der Waals surface area (Å²) in [5.74, 6) is 2.24. The monoisotopic (exact) mass is 351 g/mol. The molecule has 2 aromatic rings. The molecule has 0 fully saturated rings. The molecule has 3 rings (SSSR count). The van der Waals surface area contributed by atoms with Gasteiger partial charge < -0.3 is 10.5 Å². The molecule has 2 atom stereocenters. The lowest BCUT2D eigenvalue weighted by molar-refractivity contribution is 0.339. The summed E-state index contributed by atoms with van der Waals surface area (Å²) in [6.45, 7) is 5.76. The molecule has 2 nitrogen and oxygen atoms in total. The fraction of sp³-hybridized carbons (Fsp3) is 0.500. The molecule has 1 unspecified atom stereocenters. The summed E-state index contributed by atoms with van der Waals surface area (Å²) < 4.78 is 5.65. The van der Waals surface area contributed by atoms with Gasteiger partial charge in [-0.05, 0) is 91.8 Å². The Balaban J connectivity index is 1.67. The molecule has 2 aromatic carbocycles. The molecule has 2 N–H and O–H groups in total. The van der Waals surface area contributed by atoms with Crippen LogP contribution in [0.1, 0.15) is 61.3 Å². The van der Waals surface area contributed by atoms with E-state index >= 15 is 0 Å². The number of aryl methyl sites for hydroxylation is 1. The minimum Gasteiger partial charge on any atom is -0.494 e. The zero-order valence-electron chi connectivity index (χ0n) is 16.3. The number of hydrogen-bond donors (Lipinski definition) is 1. The van der Waals surface area contributed by atoms with Gasteiger partial charge in [0.2, 0.25) is 0 Å². The maximum atomic E-state index is 6.00. The van der Waals surface area contributed by atoms with Crippen molar-refractivity contribution in [2.45, 2.75) is 58.3 Å². The van der Waals surface area contributed by atoms with E-state index in [1.54, 1.807) is 11.1 Å². The van der Waals surface area contributed by atoms with Gasteiger partial charge in [-0.1, -0.05) is 43.7 Å². The molecular weight excluding hydrogens is 318 g/mol. The highest BCUT2D eigenvalue weighted by molar-refractivity contribution is 5.36. The van der Waals surface area contributed by atoms with Gasteiger partial charge >= 0.3 is 0 Å². The molecule has 0 spiro atoms. The summed E-state index contributed by atoms with van der Waals surface area (Å²) in [4.78, 5) is 0.